The Balaban J connectivity index is 2.11. The van der Waals surface area contributed by atoms with Gasteiger partial charge in [0.2, 0.25) is 0 Å². The molecule has 114 valence electrons. The molecule has 1 aromatic carbocycles. The van der Waals surface area contributed by atoms with E-state index in [1.54, 1.807) is 21.2 Å². The molecule has 6 heteroatoms. The Morgan fingerprint density at radius 2 is 1.86 bits per heavy atom. The minimum absolute atomic E-state index is 0.506. The van der Waals surface area contributed by atoms with Gasteiger partial charge in [-0.2, -0.15) is 4.73 Å². The second kappa shape index (κ2) is 5.63. The minimum Gasteiger partial charge on any atom is -0.497 e. The van der Waals surface area contributed by atoms with Crippen molar-refractivity contribution in [2.24, 2.45) is 9.98 Å². The first-order valence-corrected chi connectivity index (χ1v) is 7.08. The molecule has 0 bridgehead atoms. The van der Waals surface area contributed by atoms with Crippen LogP contribution in [0.25, 0.3) is 11.4 Å². The second-order valence-electron chi connectivity index (χ2n) is 5.01. The number of ether oxygens (including phenoxy) is 1. The summed E-state index contributed by atoms with van der Waals surface area (Å²) in [7, 11) is 5.10. The smallest absolute Gasteiger partial charge is 0.176 e. The average molecular weight is 298 g/mol. The van der Waals surface area contributed by atoms with Gasteiger partial charge in [-0.1, -0.05) is 0 Å². The van der Waals surface area contributed by atoms with Gasteiger partial charge in [-0.05, 0) is 37.1 Å². The van der Waals surface area contributed by atoms with Crippen LogP contribution in [0.1, 0.15) is 17.8 Å². The lowest BCUT2D eigenvalue weighted by Crippen LogP contribution is -2.24. The van der Waals surface area contributed by atoms with Crippen molar-refractivity contribution in [1.29, 1.82) is 0 Å². The lowest BCUT2D eigenvalue weighted by Gasteiger charge is -2.15. The van der Waals surface area contributed by atoms with Gasteiger partial charge in [0.1, 0.15) is 17.2 Å². The van der Waals surface area contributed by atoms with E-state index < -0.39 is 0 Å². The number of methoxy groups -OCH3 is 1. The summed E-state index contributed by atoms with van der Waals surface area (Å²) in [5.41, 5.74) is 3.99. The average Bonchev–Trinajstić information content (AvgIpc) is 2.91. The van der Waals surface area contributed by atoms with Crippen LogP contribution in [0.5, 0.6) is 5.75 Å². The third-order valence-electron chi connectivity index (χ3n) is 3.89. The predicted octanol–water partition coefficient (Wildman–Crippen LogP) is 2.23. The van der Waals surface area contributed by atoms with E-state index in [4.69, 9.17) is 4.74 Å². The highest BCUT2D eigenvalue weighted by Gasteiger charge is 2.28. The van der Waals surface area contributed by atoms with Crippen molar-refractivity contribution in [3.63, 3.8) is 0 Å². The van der Waals surface area contributed by atoms with E-state index in [9.17, 15) is 5.21 Å². The monoisotopic (exact) mass is 298 g/mol. The summed E-state index contributed by atoms with van der Waals surface area (Å²) >= 11 is 0. The van der Waals surface area contributed by atoms with Gasteiger partial charge in [0.25, 0.3) is 0 Å². The van der Waals surface area contributed by atoms with E-state index in [1.807, 2.05) is 24.3 Å². The van der Waals surface area contributed by atoms with Crippen LogP contribution in [0.4, 0.5) is 0 Å². The SMILES string of the molecule is C/N=C1/CCc2c(nc(-c3ccc(OC)cc3)n2O)/C1=N/C. The normalized spacial score (nSPS) is 17.8. The van der Waals surface area contributed by atoms with Gasteiger partial charge in [0, 0.05) is 19.7 Å². The Hall–Kier alpha value is -2.63. The molecule has 0 saturated carbocycles. The number of hydrogen-bond acceptors (Lipinski definition) is 5. The van der Waals surface area contributed by atoms with Gasteiger partial charge < -0.3 is 9.94 Å². The number of nitrogens with zero attached hydrogens (tertiary/aromatic N) is 4. The Morgan fingerprint density at radius 3 is 2.45 bits per heavy atom. The van der Waals surface area contributed by atoms with Crippen molar-refractivity contribution >= 4 is 11.4 Å². The van der Waals surface area contributed by atoms with Crippen molar-refractivity contribution in [2.75, 3.05) is 21.2 Å². The summed E-state index contributed by atoms with van der Waals surface area (Å²) in [6, 6.07) is 7.43. The maximum absolute atomic E-state index is 10.5. The predicted molar refractivity (Wildman–Crippen MR) is 85.5 cm³/mol. The van der Waals surface area contributed by atoms with Crippen LogP contribution >= 0.6 is 0 Å². The van der Waals surface area contributed by atoms with E-state index in [1.165, 1.54) is 0 Å². The number of aliphatic imine (C=N–C) groups is 2. The molecule has 1 aliphatic rings. The van der Waals surface area contributed by atoms with Crippen molar-refractivity contribution in [2.45, 2.75) is 12.8 Å². The molecule has 1 aromatic heterocycles. The Kier molecular flexibility index (Phi) is 3.66. The van der Waals surface area contributed by atoms with Crippen LogP contribution in [-0.4, -0.2) is 47.6 Å². The molecule has 1 aliphatic carbocycles. The standard InChI is InChI=1S/C16H18N4O2/c1-17-12-8-9-13-15(14(12)18-2)19-16(20(13)21)10-4-6-11(22-3)7-5-10/h4-7,21H,8-9H2,1-3H3/b17-12-,18-14+. The second-order valence-corrected chi connectivity index (χ2v) is 5.01. The molecule has 0 atom stereocenters. The zero-order chi connectivity index (χ0) is 15.7. The summed E-state index contributed by atoms with van der Waals surface area (Å²) in [5.74, 6) is 1.27. The zero-order valence-corrected chi connectivity index (χ0v) is 12.9. The molecule has 0 spiro atoms. The third-order valence-corrected chi connectivity index (χ3v) is 3.89. The Labute approximate surface area is 128 Å². The van der Waals surface area contributed by atoms with E-state index in [0.717, 1.165) is 39.6 Å². The topological polar surface area (TPSA) is 72.0 Å². The van der Waals surface area contributed by atoms with Gasteiger partial charge in [-0.25, -0.2) is 4.98 Å². The summed E-state index contributed by atoms with van der Waals surface area (Å²) in [4.78, 5) is 13.2. The van der Waals surface area contributed by atoms with Gasteiger partial charge in [-0.15, -0.1) is 0 Å². The van der Waals surface area contributed by atoms with Crippen molar-refractivity contribution in [1.82, 2.24) is 9.71 Å². The molecule has 1 heterocycles. The molecule has 0 saturated heterocycles. The molecule has 0 amide bonds. The number of aromatic nitrogens is 2. The highest BCUT2D eigenvalue weighted by Crippen LogP contribution is 2.27. The first-order valence-electron chi connectivity index (χ1n) is 7.08. The summed E-state index contributed by atoms with van der Waals surface area (Å²) < 4.78 is 6.32. The van der Waals surface area contributed by atoms with Crippen molar-refractivity contribution in [3.05, 3.63) is 35.7 Å². The molecular weight excluding hydrogens is 280 g/mol. The largest absolute Gasteiger partial charge is 0.497 e. The highest BCUT2D eigenvalue weighted by molar-refractivity contribution is 6.49. The highest BCUT2D eigenvalue weighted by atomic mass is 16.5. The van der Waals surface area contributed by atoms with E-state index >= 15 is 0 Å². The molecule has 2 aromatic rings. The van der Waals surface area contributed by atoms with Gasteiger partial charge in [-0.3, -0.25) is 9.98 Å². The van der Waals surface area contributed by atoms with Crippen LogP contribution < -0.4 is 4.74 Å². The molecule has 0 radical (unpaired) electrons. The molecule has 1 N–H and O–H groups in total. The number of rotatable bonds is 2. The number of imidazole rings is 1. The number of hydrogen-bond donors (Lipinski definition) is 1. The summed E-state index contributed by atoms with van der Waals surface area (Å²) in [6.45, 7) is 0. The van der Waals surface area contributed by atoms with Crippen LogP contribution in [0.3, 0.4) is 0 Å². The molecule has 22 heavy (non-hydrogen) atoms. The first-order chi connectivity index (χ1) is 10.7. The van der Waals surface area contributed by atoms with Gasteiger partial charge in [0.05, 0.1) is 18.5 Å². The summed E-state index contributed by atoms with van der Waals surface area (Å²) in [6.07, 6.45) is 1.45. The Morgan fingerprint density at radius 1 is 1.14 bits per heavy atom. The maximum Gasteiger partial charge on any atom is 0.176 e. The lowest BCUT2D eigenvalue weighted by molar-refractivity contribution is 0.181. The summed E-state index contributed by atoms with van der Waals surface area (Å²) in [5, 5.41) is 10.5. The third kappa shape index (κ3) is 2.16. The molecule has 6 nitrogen and oxygen atoms in total. The van der Waals surface area contributed by atoms with Crippen molar-refractivity contribution < 1.29 is 9.94 Å². The fourth-order valence-corrected chi connectivity index (χ4v) is 2.73. The maximum atomic E-state index is 10.5. The quantitative estimate of drug-likeness (QED) is 0.864. The lowest BCUT2D eigenvalue weighted by atomic mass is 9.97. The molecular formula is C16H18N4O2. The van der Waals surface area contributed by atoms with E-state index in [2.05, 4.69) is 15.0 Å². The van der Waals surface area contributed by atoms with Gasteiger partial charge >= 0.3 is 0 Å². The fourth-order valence-electron chi connectivity index (χ4n) is 2.73. The van der Waals surface area contributed by atoms with E-state index in [0.29, 0.717) is 17.9 Å². The number of benzene rings is 1. The molecule has 0 aliphatic heterocycles. The fraction of sp³-hybridized carbons (Fsp3) is 0.312. The van der Waals surface area contributed by atoms with Crippen LogP contribution in [0.2, 0.25) is 0 Å². The van der Waals surface area contributed by atoms with Crippen LogP contribution in [0, 0.1) is 0 Å². The van der Waals surface area contributed by atoms with E-state index in [-0.39, 0.29) is 0 Å². The molecule has 0 fully saturated rings. The molecule has 0 unspecified atom stereocenters. The molecule has 3 rings (SSSR count). The minimum atomic E-state index is 0.506. The van der Waals surface area contributed by atoms with Crippen molar-refractivity contribution in [3.8, 4) is 17.1 Å². The van der Waals surface area contributed by atoms with Crippen LogP contribution in [-0.2, 0) is 6.42 Å². The van der Waals surface area contributed by atoms with Crippen LogP contribution in [0.15, 0.2) is 34.3 Å². The zero-order valence-electron chi connectivity index (χ0n) is 12.9. The Bertz CT molecular complexity index is 757. The van der Waals surface area contributed by atoms with Gasteiger partial charge in [0.15, 0.2) is 5.82 Å². The number of fused-ring (bicyclic) bond motifs is 1. The first kappa shape index (κ1) is 14.3.